The molecule has 8 rings (SSSR count). The van der Waals surface area contributed by atoms with E-state index in [0.29, 0.717) is 11.3 Å². The lowest BCUT2D eigenvalue weighted by atomic mass is 9.93. The summed E-state index contributed by atoms with van der Waals surface area (Å²) in [5.74, 6) is -4.37. The molecule has 16 heteroatoms. The van der Waals surface area contributed by atoms with Crippen LogP contribution in [0.1, 0.15) is 64.3 Å². The number of rotatable bonds is 7. The van der Waals surface area contributed by atoms with Crippen LogP contribution in [0.4, 0.5) is 34.1 Å². The highest BCUT2D eigenvalue weighted by Gasteiger charge is 2.52. The monoisotopic (exact) mass is 866 g/mol. The van der Waals surface area contributed by atoms with Crippen molar-refractivity contribution < 1.29 is 41.8 Å². The van der Waals surface area contributed by atoms with Crippen LogP contribution in [0.3, 0.4) is 0 Å². The van der Waals surface area contributed by atoms with Gasteiger partial charge < -0.3 is 28.9 Å². The average Bonchev–Trinajstić information content (AvgIpc) is 3.21. The van der Waals surface area contributed by atoms with Gasteiger partial charge in [-0.1, -0.05) is 50.2 Å². The fourth-order valence-corrected chi connectivity index (χ4v) is 8.82. The Bertz CT molecular complexity index is 2720. The number of likely N-dealkylation sites (tertiary alicyclic amines) is 1. The molecule has 3 aromatic carbocycles. The molecule has 0 aliphatic carbocycles. The van der Waals surface area contributed by atoms with Gasteiger partial charge in [-0.05, 0) is 75.9 Å². The number of aryl methyl sites for hydroxylation is 1. The molecule has 0 N–H and O–H groups in total. The molecular weight excluding hydrogens is 818 g/mol. The van der Waals surface area contributed by atoms with Gasteiger partial charge >= 0.3 is 12.2 Å². The van der Waals surface area contributed by atoms with Crippen LogP contribution in [-0.4, -0.2) is 94.5 Å². The molecule has 330 valence electrons. The van der Waals surface area contributed by atoms with E-state index in [-0.39, 0.29) is 72.4 Å². The number of aromatic nitrogens is 2. The first-order valence-electron chi connectivity index (χ1n) is 20.9. The molecule has 63 heavy (non-hydrogen) atoms. The number of hydrogen-bond donors (Lipinski definition) is 0. The van der Waals surface area contributed by atoms with Crippen LogP contribution < -0.4 is 20.1 Å². The Morgan fingerprint density at radius 3 is 2.25 bits per heavy atom. The fraction of sp³-hybridized carbons (Fsp3) is 0.383. The van der Waals surface area contributed by atoms with Crippen LogP contribution in [0.5, 0.6) is 5.75 Å². The number of anilines is 2. The maximum atomic E-state index is 18.0. The van der Waals surface area contributed by atoms with Crippen LogP contribution in [0, 0.1) is 24.4 Å². The van der Waals surface area contributed by atoms with Crippen LogP contribution in [-0.2, 0) is 20.9 Å². The van der Waals surface area contributed by atoms with Gasteiger partial charge in [-0.2, -0.15) is 0 Å². The Labute approximate surface area is 362 Å². The number of ether oxygens (including phenoxy) is 3. The molecule has 3 amide bonds. The van der Waals surface area contributed by atoms with Gasteiger partial charge in [0, 0.05) is 37.3 Å². The summed E-state index contributed by atoms with van der Waals surface area (Å²) in [5, 5.41) is -0.0875. The predicted octanol–water partition coefficient (Wildman–Crippen LogP) is 8.09. The van der Waals surface area contributed by atoms with Crippen molar-refractivity contribution in [2.75, 3.05) is 43.1 Å². The first-order valence-corrected chi connectivity index (χ1v) is 20.9. The minimum atomic E-state index is -1.25. The SMILES string of the molecule is COc1cccc(F)c1-c1c(F)cc2c3c(c(=O)n(-c4c(C)ccnc4C(C)C)c2c1F)N(C1CN(C(=O)OCc2ccccc2)C1)C(=O)[C@H]1CN(C(=O)OC(C)(C)C)[C@H](C)CN31. The number of hydrogen-bond acceptors (Lipinski definition) is 9. The van der Waals surface area contributed by atoms with Gasteiger partial charge in [-0.25, -0.2) is 22.8 Å². The zero-order valence-corrected chi connectivity index (χ0v) is 36.4. The first-order chi connectivity index (χ1) is 29.9. The van der Waals surface area contributed by atoms with Gasteiger partial charge in [0.05, 0.1) is 53.4 Å². The van der Waals surface area contributed by atoms with Gasteiger partial charge in [0.1, 0.15) is 41.3 Å². The van der Waals surface area contributed by atoms with Gasteiger partial charge in [-0.15, -0.1) is 0 Å². The van der Waals surface area contributed by atoms with Gasteiger partial charge in [0.25, 0.3) is 11.5 Å². The van der Waals surface area contributed by atoms with Gasteiger partial charge in [0.2, 0.25) is 0 Å². The molecule has 0 spiro atoms. The normalized spacial score (nSPS) is 17.7. The van der Waals surface area contributed by atoms with E-state index < -0.39 is 76.0 Å². The van der Waals surface area contributed by atoms with Crippen LogP contribution >= 0.6 is 0 Å². The zero-order chi connectivity index (χ0) is 45.2. The molecule has 2 aromatic heterocycles. The molecule has 13 nitrogen and oxygen atoms in total. The van der Waals surface area contributed by atoms with Crippen molar-refractivity contribution in [1.82, 2.24) is 19.4 Å². The molecule has 2 atom stereocenters. The number of benzene rings is 3. The quantitative estimate of drug-likeness (QED) is 0.160. The van der Waals surface area contributed by atoms with E-state index in [9.17, 15) is 9.59 Å². The smallest absolute Gasteiger partial charge is 0.410 e. The number of halogens is 3. The Morgan fingerprint density at radius 2 is 1.59 bits per heavy atom. The van der Waals surface area contributed by atoms with E-state index in [1.165, 1.54) is 33.9 Å². The second-order valence-corrected chi connectivity index (χ2v) is 17.6. The highest BCUT2D eigenvalue weighted by atomic mass is 19.1. The third-order valence-electron chi connectivity index (χ3n) is 11.8. The summed E-state index contributed by atoms with van der Waals surface area (Å²) in [4.78, 5) is 68.2. The van der Waals surface area contributed by atoms with E-state index in [4.69, 9.17) is 14.2 Å². The molecule has 0 unspecified atom stereocenters. The molecule has 0 radical (unpaired) electrons. The number of amides is 3. The number of piperazine rings is 1. The third-order valence-corrected chi connectivity index (χ3v) is 11.8. The molecule has 2 saturated heterocycles. The number of carbonyl (C=O) groups excluding carboxylic acids is 3. The fourth-order valence-electron chi connectivity index (χ4n) is 8.82. The van der Waals surface area contributed by atoms with E-state index in [0.717, 1.165) is 22.3 Å². The second kappa shape index (κ2) is 16.3. The van der Waals surface area contributed by atoms with Crippen molar-refractivity contribution in [3.8, 4) is 22.6 Å². The summed E-state index contributed by atoms with van der Waals surface area (Å²) < 4.78 is 68.6. The summed E-state index contributed by atoms with van der Waals surface area (Å²) in [7, 11) is 1.25. The molecule has 2 fully saturated rings. The van der Waals surface area contributed by atoms with Gasteiger partial charge in [-0.3, -0.25) is 24.0 Å². The van der Waals surface area contributed by atoms with E-state index >= 15 is 22.8 Å². The number of pyridine rings is 2. The maximum Gasteiger partial charge on any atom is 0.410 e. The molecule has 5 aromatic rings. The molecular formula is C47H49F3N6O7. The minimum absolute atomic E-state index is 0.0131. The Morgan fingerprint density at radius 1 is 0.873 bits per heavy atom. The van der Waals surface area contributed by atoms with Crippen molar-refractivity contribution >= 4 is 40.4 Å². The summed E-state index contributed by atoms with van der Waals surface area (Å²) in [6.45, 7) is 12.1. The number of nitrogens with zero attached hydrogens (tertiary/aromatic N) is 6. The Hall–Kier alpha value is -6.58. The van der Waals surface area contributed by atoms with Crippen LogP contribution in [0.15, 0.2) is 71.7 Å². The number of carbonyl (C=O) groups is 3. The predicted molar refractivity (Wildman–Crippen MR) is 231 cm³/mol. The van der Waals surface area contributed by atoms with Gasteiger partial charge in [0.15, 0.2) is 5.82 Å². The highest BCUT2D eigenvalue weighted by Crippen LogP contribution is 2.48. The molecule has 0 saturated carbocycles. The standard InChI is InChI=1S/C47H49F3N6O7/c1-25(2)38-39(26(3)17-18-51-38)56-40-30(19-32(49)36(37(40)50)35-31(48)15-12-16-34(35)61-8)41-42(44(56)58)55(29-21-52(22-29)45(59)62-24-28-13-10-9-11-14-28)43(57)33-23-53(27(4)20-54(33)41)46(60)63-47(5,6)7/h9-19,25,27,29,33H,20-24H2,1-8H3/t27-,33-/m1/s1. The van der Waals surface area contributed by atoms with Crippen LogP contribution in [0.2, 0.25) is 0 Å². The van der Waals surface area contributed by atoms with Crippen molar-refractivity contribution in [2.45, 2.75) is 84.7 Å². The Kier molecular flexibility index (Phi) is 11.1. The van der Waals surface area contributed by atoms with Crippen molar-refractivity contribution in [1.29, 1.82) is 0 Å². The molecule has 0 bridgehead atoms. The lowest BCUT2D eigenvalue weighted by Gasteiger charge is -2.53. The average molecular weight is 867 g/mol. The molecule has 3 aliphatic rings. The summed E-state index contributed by atoms with van der Waals surface area (Å²) in [5.41, 5.74) is -1.51. The summed E-state index contributed by atoms with van der Waals surface area (Å²) in [6, 6.07) is 13.1. The Balaban J connectivity index is 1.38. The topological polar surface area (TPSA) is 127 Å². The summed E-state index contributed by atoms with van der Waals surface area (Å²) in [6.07, 6.45) is 0.273. The lowest BCUT2D eigenvalue weighted by Crippen LogP contribution is -2.72. The highest BCUT2D eigenvalue weighted by molar-refractivity contribution is 6.13. The van der Waals surface area contributed by atoms with E-state index in [2.05, 4.69) is 4.98 Å². The third kappa shape index (κ3) is 7.48. The number of fused-ring (bicyclic) bond motifs is 5. The molecule has 5 heterocycles. The summed E-state index contributed by atoms with van der Waals surface area (Å²) >= 11 is 0. The maximum absolute atomic E-state index is 18.0. The number of methoxy groups -OCH3 is 1. The first kappa shape index (κ1) is 43.1. The largest absolute Gasteiger partial charge is 0.496 e. The van der Waals surface area contributed by atoms with E-state index in [1.54, 1.807) is 51.8 Å². The van der Waals surface area contributed by atoms with Crippen molar-refractivity contribution in [2.24, 2.45) is 0 Å². The minimum Gasteiger partial charge on any atom is -0.496 e. The molecule has 3 aliphatic heterocycles. The van der Waals surface area contributed by atoms with Crippen molar-refractivity contribution in [3.63, 3.8) is 0 Å². The zero-order valence-electron chi connectivity index (χ0n) is 36.4. The van der Waals surface area contributed by atoms with Crippen LogP contribution in [0.25, 0.3) is 27.7 Å². The van der Waals surface area contributed by atoms with Crippen molar-refractivity contribution in [3.05, 3.63) is 111 Å². The second-order valence-electron chi connectivity index (χ2n) is 17.6. The van der Waals surface area contributed by atoms with E-state index in [1.807, 2.05) is 44.2 Å². The lowest BCUT2D eigenvalue weighted by molar-refractivity contribution is -0.122.